The topological polar surface area (TPSA) is 46.0 Å². The molecular formula is C12H22N2OS. The maximum Gasteiger partial charge on any atom is 0.0919 e. The zero-order valence-electron chi connectivity index (χ0n) is 10.8. The minimum Gasteiger partial charge on any atom is -0.387 e. The summed E-state index contributed by atoms with van der Waals surface area (Å²) in [5.41, 5.74) is 0.895. The Balaban J connectivity index is 2.84. The molecule has 0 aliphatic rings. The van der Waals surface area contributed by atoms with E-state index in [9.17, 15) is 5.11 Å². The lowest BCUT2D eigenvalue weighted by Crippen LogP contribution is -2.16. The standard InChI is InChI=1S/C12H22N2OS/c1-6-8(2)7-9(15)10-11(12(3,4)5)13-14-16-10/h8-9,15H,6-7H2,1-5H3. The third-order valence-electron chi connectivity index (χ3n) is 2.85. The van der Waals surface area contributed by atoms with Crippen LogP contribution in [-0.4, -0.2) is 14.7 Å². The van der Waals surface area contributed by atoms with Crippen molar-refractivity contribution in [2.24, 2.45) is 5.92 Å². The van der Waals surface area contributed by atoms with Crippen molar-refractivity contribution in [3.8, 4) is 0 Å². The van der Waals surface area contributed by atoms with Gasteiger partial charge in [0.2, 0.25) is 0 Å². The van der Waals surface area contributed by atoms with Crippen LogP contribution < -0.4 is 0 Å². The molecule has 4 heteroatoms. The molecule has 1 heterocycles. The van der Waals surface area contributed by atoms with Gasteiger partial charge in [-0.3, -0.25) is 0 Å². The fraction of sp³-hybridized carbons (Fsp3) is 0.833. The number of nitrogens with zero attached hydrogens (tertiary/aromatic N) is 2. The van der Waals surface area contributed by atoms with Gasteiger partial charge in [0.05, 0.1) is 16.7 Å². The molecule has 0 aliphatic heterocycles. The molecule has 1 rings (SSSR count). The minimum absolute atomic E-state index is 0.0429. The molecule has 0 bridgehead atoms. The molecule has 0 saturated heterocycles. The monoisotopic (exact) mass is 242 g/mol. The summed E-state index contributed by atoms with van der Waals surface area (Å²) in [6.45, 7) is 10.6. The van der Waals surface area contributed by atoms with Crippen molar-refractivity contribution in [2.75, 3.05) is 0 Å². The largest absolute Gasteiger partial charge is 0.387 e. The molecule has 3 nitrogen and oxygen atoms in total. The Morgan fingerprint density at radius 3 is 2.50 bits per heavy atom. The second-order valence-corrected chi connectivity index (χ2v) is 6.29. The van der Waals surface area contributed by atoms with Crippen LogP contribution in [0.2, 0.25) is 0 Å². The lowest BCUT2D eigenvalue weighted by Gasteiger charge is -2.20. The number of hydrogen-bond donors (Lipinski definition) is 1. The van der Waals surface area contributed by atoms with E-state index in [0.717, 1.165) is 23.4 Å². The Morgan fingerprint density at radius 1 is 1.38 bits per heavy atom. The van der Waals surface area contributed by atoms with Crippen molar-refractivity contribution in [2.45, 2.75) is 59.0 Å². The first kappa shape index (κ1) is 13.6. The van der Waals surface area contributed by atoms with E-state index in [-0.39, 0.29) is 5.41 Å². The lowest BCUT2D eigenvalue weighted by molar-refractivity contribution is 0.147. The Morgan fingerprint density at radius 2 is 2.00 bits per heavy atom. The Kier molecular flexibility index (Phi) is 4.44. The van der Waals surface area contributed by atoms with Crippen LogP contribution in [0.15, 0.2) is 0 Å². The zero-order chi connectivity index (χ0) is 12.3. The molecule has 2 atom stereocenters. The van der Waals surface area contributed by atoms with Crippen LogP contribution in [0, 0.1) is 5.92 Å². The normalized spacial score (nSPS) is 16.1. The molecule has 0 spiro atoms. The van der Waals surface area contributed by atoms with E-state index in [4.69, 9.17) is 0 Å². The SMILES string of the molecule is CCC(C)CC(O)c1snnc1C(C)(C)C. The first-order valence-electron chi connectivity index (χ1n) is 5.87. The first-order chi connectivity index (χ1) is 7.36. The smallest absolute Gasteiger partial charge is 0.0919 e. The Hall–Kier alpha value is -0.480. The van der Waals surface area contributed by atoms with Crippen LogP contribution in [0.4, 0.5) is 0 Å². The molecule has 0 fully saturated rings. The van der Waals surface area contributed by atoms with Gasteiger partial charge in [-0.2, -0.15) is 0 Å². The maximum absolute atomic E-state index is 10.2. The molecule has 1 N–H and O–H groups in total. The summed E-state index contributed by atoms with van der Waals surface area (Å²) in [6.07, 6.45) is 1.47. The van der Waals surface area contributed by atoms with E-state index in [2.05, 4.69) is 44.2 Å². The zero-order valence-corrected chi connectivity index (χ0v) is 11.6. The number of aliphatic hydroxyl groups is 1. The second-order valence-electron chi connectivity index (χ2n) is 5.50. The highest BCUT2D eigenvalue weighted by atomic mass is 32.1. The van der Waals surface area contributed by atoms with Gasteiger partial charge in [0.25, 0.3) is 0 Å². The van der Waals surface area contributed by atoms with Gasteiger partial charge in [0, 0.05) is 5.41 Å². The summed E-state index contributed by atoms with van der Waals surface area (Å²) in [5.74, 6) is 0.532. The molecule has 0 radical (unpaired) electrons. The van der Waals surface area contributed by atoms with E-state index in [0.29, 0.717) is 5.92 Å². The molecule has 0 saturated carbocycles. The molecule has 1 aromatic rings. The van der Waals surface area contributed by atoms with E-state index in [1.165, 1.54) is 11.5 Å². The van der Waals surface area contributed by atoms with Gasteiger partial charge in [0.1, 0.15) is 0 Å². The molecule has 0 amide bonds. The highest BCUT2D eigenvalue weighted by molar-refractivity contribution is 7.05. The Bertz CT molecular complexity index is 330. The van der Waals surface area contributed by atoms with Gasteiger partial charge in [-0.15, -0.1) is 5.10 Å². The number of hydrogen-bond acceptors (Lipinski definition) is 4. The van der Waals surface area contributed by atoms with Crippen molar-refractivity contribution in [3.05, 3.63) is 10.6 Å². The number of rotatable bonds is 4. The first-order valence-corrected chi connectivity index (χ1v) is 6.64. The van der Waals surface area contributed by atoms with E-state index >= 15 is 0 Å². The average molecular weight is 242 g/mol. The molecular weight excluding hydrogens is 220 g/mol. The predicted octanol–water partition coefficient (Wildman–Crippen LogP) is 3.31. The summed E-state index contributed by atoms with van der Waals surface area (Å²) < 4.78 is 3.97. The summed E-state index contributed by atoms with van der Waals surface area (Å²) in [6, 6.07) is 0. The van der Waals surface area contributed by atoms with Crippen LogP contribution in [0.5, 0.6) is 0 Å². The van der Waals surface area contributed by atoms with Crippen molar-refractivity contribution in [1.29, 1.82) is 0 Å². The summed E-state index contributed by atoms with van der Waals surface area (Å²) >= 11 is 1.33. The predicted molar refractivity (Wildman–Crippen MR) is 67.6 cm³/mol. The quantitative estimate of drug-likeness (QED) is 0.881. The lowest BCUT2D eigenvalue weighted by atomic mass is 9.89. The van der Waals surface area contributed by atoms with Crippen LogP contribution in [-0.2, 0) is 5.41 Å². The van der Waals surface area contributed by atoms with E-state index in [1.54, 1.807) is 0 Å². The minimum atomic E-state index is -0.413. The van der Waals surface area contributed by atoms with Gasteiger partial charge < -0.3 is 5.11 Å². The van der Waals surface area contributed by atoms with Gasteiger partial charge in [-0.05, 0) is 23.9 Å². The van der Waals surface area contributed by atoms with Crippen LogP contribution in [0.3, 0.4) is 0 Å². The van der Waals surface area contributed by atoms with Crippen LogP contribution in [0.1, 0.15) is 64.1 Å². The van der Waals surface area contributed by atoms with Crippen LogP contribution >= 0.6 is 11.5 Å². The molecule has 0 aliphatic carbocycles. The Labute approximate surface area is 102 Å². The van der Waals surface area contributed by atoms with E-state index in [1.807, 2.05) is 0 Å². The third kappa shape index (κ3) is 3.25. The van der Waals surface area contributed by atoms with Gasteiger partial charge in [-0.1, -0.05) is 45.5 Å². The van der Waals surface area contributed by atoms with Crippen LogP contribution in [0.25, 0.3) is 0 Å². The maximum atomic E-state index is 10.2. The third-order valence-corrected chi connectivity index (χ3v) is 3.67. The number of aromatic nitrogens is 2. The van der Waals surface area contributed by atoms with Gasteiger partial charge in [-0.25, -0.2) is 0 Å². The molecule has 2 unspecified atom stereocenters. The molecule has 92 valence electrons. The molecule has 16 heavy (non-hydrogen) atoms. The van der Waals surface area contributed by atoms with Crippen molar-refractivity contribution >= 4 is 11.5 Å². The van der Waals surface area contributed by atoms with Gasteiger partial charge in [0.15, 0.2) is 0 Å². The highest BCUT2D eigenvalue weighted by Crippen LogP contribution is 2.33. The summed E-state index contributed by atoms with van der Waals surface area (Å²) in [4.78, 5) is 0.938. The van der Waals surface area contributed by atoms with Crippen molar-refractivity contribution in [1.82, 2.24) is 9.59 Å². The van der Waals surface area contributed by atoms with Crippen molar-refractivity contribution < 1.29 is 5.11 Å². The highest BCUT2D eigenvalue weighted by Gasteiger charge is 2.26. The summed E-state index contributed by atoms with van der Waals surface area (Å²) in [7, 11) is 0. The van der Waals surface area contributed by atoms with E-state index < -0.39 is 6.10 Å². The molecule has 1 aromatic heterocycles. The van der Waals surface area contributed by atoms with Crippen molar-refractivity contribution in [3.63, 3.8) is 0 Å². The number of aliphatic hydroxyl groups excluding tert-OH is 1. The second kappa shape index (κ2) is 5.23. The average Bonchev–Trinajstić information content (AvgIpc) is 2.65. The fourth-order valence-corrected chi connectivity index (χ4v) is 2.45. The molecule has 0 aromatic carbocycles. The summed E-state index contributed by atoms with van der Waals surface area (Å²) in [5, 5.41) is 14.3. The fourth-order valence-electron chi connectivity index (χ4n) is 1.59. The van der Waals surface area contributed by atoms with Gasteiger partial charge >= 0.3 is 0 Å².